The number of aromatic nitrogens is 3. The van der Waals surface area contributed by atoms with Gasteiger partial charge in [-0.2, -0.15) is 4.98 Å². The Labute approximate surface area is 514 Å². The Hall–Kier alpha value is -7.12. The molecule has 4 saturated heterocycles. The van der Waals surface area contributed by atoms with E-state index in [1.807, 2.05) is 43.6 Å². The number of H-pyrrole nitrogens is 1. The van der Waals surface area contributed by atoms with Gasteiger partial charge in [-0.1, -0.05) is 38.1 Å². The topological polar surface area (TPSA) is 237 Å². The molecule has 6 fully saturated rings. The van der Waals surface area contributed by atoms with E-state index in [1.54, 1.807) is 13.2 Å². The average Bonchev–Trinajstić information content (AvgIpc) is 1.57. The first-order chi connectivity index (χ1) is 42.6. The summed E-state index contributed by atoms with van der Waals surface area (Å²) in [6.07, 6.45) is 8.88. The van der Waals surface area contributed by atoms with E-state index in [2.05, 4.69) is 88.6 Å². The maximum Gasteiger partial charge on any atom is 0.293 e. The van der Waals surface area contributed by atoms with Gasteiger partial charge < -0.3 is 49.1 Å². The maximum absolute atomic E-state index is 14.9. The number of carbonyl (C=O) groups is 1. The zero-order valence-corrected chi connectivity index (χ0v) is 51.6. The number of benzene rings is 3. The van der Waals surface area contributed by atoms with Crippen molar-refractivity contribution in [3.05, 3.63) is 124 Å². The monoisotopic (exact) mass is 1220 g/mol. The third-order valence-electron chi connectivity index (χ3n) is 19.6. The van der Waals surface area contributed by atoms with Crippen molar-refractivity contribution in [3.63, 3.8) is 0 Å². The van der Waals surface area contributed by atoms with E-state index >= 15 is 0 Å². The van der Waals surface area contributed by atoms with Crippen LogP contribution in [0.1, 0.15) is 105 Å². The van der Waals surface area contributed by atoms with Crippen LogP contribution in [0.15, 0.2) is 96.2 Å². The fraction of sp³-hybridized carbons (Fsp3) is 0.523. The predicted octanol–water partition coefficient (Wildman–Crippen LogP) is 8.21. The van der Waals surface area contributed by atoms with Crippen LogP contribution in [-0.2, 0) is 26.0 Å². The number of carbonyl (C=O) groups excluding carboxylic acids is 1. The van der Waals surface area contributed by atoms with Crippen LogP contribution in [0.3, 0.4) is 0 Å². The van der Waals surface area contributed by atoms with Crippen molar-refractivity contribution in [2.24, 2.45) is 5.92 Å². The molecule has 22 nitrogen and oxygen atoms in total. The smallest absolute Gasteiger partial charge is 0.293 e. The molecule has 5 aliphatic heterocycles. The molecule has 3 atom stereocenters. The second kappa shape index (κ2) is 25.0. The van der Waals surface area contributed by atoms with E-state index in [-0.39, 0.29) is 35.9 Å². The van der Waals surface area contributed by atoms with Gasteiger partial charge in [0.05, 0.1) is 59.6 Å². The number of aromatic amines is 1. The van der Waals surface area contributed by atoms with Gasteiger partial charge in [0.1, 0.15) is 23.1 Å². The quantitative estimate of drug-likeness (QED) is 0.0497. The number of nitrogens with zero attached hydrogens (tertiary/aromatic N) is 9. The van der Waals surface area contributed by atoms with Crippen molar-refractivity contribution in [2.45, 2.75) is 119 Å². The van der Waals surface area contributed by atoms with Crippen LogP contribution in [0.25, 0.3) is 11.0 Å². The molecule has 3 aromatic heterocycles. The summed E-state index contributed by atoms with van der Waals surface area (Å²) in [5.41, 5.74) is 5.71. The van der Waals surface area contributed by atoms with Crippen molar-refractivity contribution in [1.82, 2.24) is 34.4 Å². The van der Waals surface area contributed by atoms with Crippen molar-refractivity contribution < 1.29 is 42.2 Å². The van der Waals surface area contributed by atoms with Crippen molar-refractivity contribution in [3.8, 4) is 11.6 Å². The summed E-state index contributed by atoms with van der Waals surface area (Å²) < 4.78 is 54.9. The van der Waals surface area contributed by atoms with Crippen LogP contribution in [0.5, 0.6) is 11.6 Å². The molecule has 6 aromatic rings. The molecule has 0 spiro atoms. The summed E-state index contributed by atoms with van der Waals surface area (Å²) in [5, 5.41) is 26.9. The number of fused-ring (bicyclic) bond motifs is 3. The van der Waals surface area contributed by atoms with Crippen LogP contribution < -0.4 is 34.2 Å². The Morgan fingerprint density at radius 2 is 1.69 bits per heavy atom. The molecular weight excluding hydrogens is 1140 g/mol. The number of morpholine rings is 1. The first-order valence-electron chi connectivity index (χ1n) is 31.5. The molecule has 13 rings (SSSR count). The van der Waals surface area contributed by atoms with Gasteiger partial charge in [0.15, 0.2) is 11.6 Å². The summed E-state index contributed by atoms with van der Waals surface area (Å²) in [6, 6.07) is 25.1. The second-order valence-electron chi connectivity index (χ2n) is 25.6. The molecule has 8 heterocycles. The summed E-state index contributed by atoms with van der Waals surface area (Å²) in [4.78, 5) is 54.0. The van der Waals surface area contributed by atoms with Gasteiger partial charge in [-0.05, 0) is 129 Å². The number of anilines is 5. The first kappa shape index (κ1) is 59.8. The molecule has 88 heavy (non-hydrogen) atoms. The first-order valence-corrected chi connectivity index (χ1v) is 32.9. The van der Waals surface area contributed by atoms with Gasteiger partial charge >= 0.3 is 0 Å². The van der Waals surface area contributed by atoms with E-state index < -0.39 is 43.1 Å². The molecule has 4 N–H and O–H groups in total. The number of piperazine rings is 2. The van der Waals surface area contributed by atoms with Crippen LogP contribution in [0, 0.1) is 16.0 Å². The average molecular weight is 1220 g/mol. The Morgan fingerprint density at radius 1 is 0.898 bits per heavy atom. The highest BCUT2D eigenvalue weighted by Gasteiger charge is 2.45. The minimum absolute atomic E-state index is 0.100. The van der Waals surface area contributed by atoms with Crippen molar-refractivity contribution in [1.29, 1.82) is 0 Å². The molecule has 1 amide bonds. The Balaban J connectivity index is 0.722. The molecular formula is C65H82N12O10S. The van der Waals surface area contributed by atoms with Gasteiger partial charge in [0.2, 0.25) is 5.88 Å². The Kier molecular flexibility index (Phi) is 17.0. The van der Waals surface area contributed by atoms with Gasteiger partial charge in [0, 0.05) is 126 Å². The lowest BCUT2D eigenvalue weighted by Gasteiger charge is -2.54. The molecule has 2 aliphatic carbocycles. The minimum atomic E-state index is -4.65. The van der Waals surface area contributed by atoms with E-state index in [1.165, 1.54) is 23.3 Å². The lowest BCUT2D eigenvalue weighted by Crippen LogP contribution is -2.61. The van der Waals surface area contributed by atoms with E-state index in [0.717, 1.165) is 125 Å². The number of sulfonamides is 1. The zero-order chi connectivity index (χ0) is 60.8. The molecule has 0 radical (unpaired) electrons. The third-order valence-corrected chi connectivity index (χ3v) is 20.9. The summed E-state index contributed by atoms with van der Waals surface area (Å²) in [5.74, 6) is 1.72. The Bertz CT molecular complexity index is 3630. The van der Waals surface area contributed by atoms with Gasteiger partial charge in [-0.15, -0.1) is 0 Å². The zero-order valence-electron chi connectivity index (χ0n) is 50.8. The largest absolute Gasteiger partial charge is 0.493 e. The third kappa shape index (κ3) is 12.3. The molecule has 7 aliphatic rings. The van der Waals surface area contributed by atoms with Gasteiger partial charge in [-0.25, -0.2) is 18.1 Å². The fourth-order valence-electron chi connectivity index (χ4n) is 14.5. The number of ether oxygens (including phenoxy) is 4. The number of nitro groups is 1. The van der Waals surface area contributed by atoms with Crippen LogP contribution in [-0.4, -0.2) is 183 Å². The van der Waals surface area contributed by atoms with E-state index in [0.29, 0.717) is 86.5 Å². The second-order valence-corrected chi connectivity index (χ2v) is 27.3. The number of aliphatic hydroxyl groups is 1. The lowest BCUT2D eigenvalue weighted by molar-refractivity contribution is -0.384. The highest BCUT2D eigenvalue weighted by molar-refractivity contribution is 7.90. The van der Waals surface area contributed by atoms with Gasteiger partial charge in [0.25, 0.3) is 21.6 Å². The highest BCUT2D eigenvalue weighted by Crippen LogP contribution is 2.47. The normalized spacial score (nSPS) is 25.6. The summed E-state index contributed by atoms with van der Waals surface area (Å²) in [7, 11) is -2.92. The lowest BCUT2D eigenvalue weighted by atomic mass is 9.80. The predicted molar refractivity (Wildman–Crippen MR) is 337 cm³/mol. The molecule has 0 unspecified atom stereocenters. The number of nitrogens with one attached hydrogen (secondary N) is 3. The summed E-state index contributed by atoms with van der Waals surface area (Å²) in [6.45, 7) is 17.3. The molecule has 0 bridgehead atoms. The van der Waals surface area contributed by atoms with E-state index in [9.17, 15) is 28.4 Å². The number of hydrogen-bond acceptors (Lipinski definition) is 19. The number of hydrogen-bond donors (Lipinski definition) is 4. The van der Waals surface area contributed by atoms with Crippen LogP contribution in [0.4, 0.5) is 34.3 Å². The molecule has 23 heteroatoms. The SMILES string of the molecule is COc1cc(CN2CCN(C3CC(N4CCN(c5ccc(C(=O)NS(=O)(=O)c6ccc(NC[C@H]7CC[C@](C)(O)CC7)c([N+](=O)[O-])c6)c(N6c7cc8cc[nH]c8nc7O[C@H]7COCC[C@@H]76)c5)CC4)C3)[C@H](c3ccccc3C(C)C)C2)cnc1N1CCOCC1. The van der Waals surface area contributed by atoms with Crippen molar-refractivity contribution in [2.75, 3.05) is 119 Å². The number of rotatable bonds is 17. The van der Waals surface area contributed by atoms with Crippen LogP contribution in [0.2, 0.25) is 0 Å². The van der Waals surface area contributed by atoms with Gasteiger partial charge in [-0.3, -0.25) is 29.6 Å². The molecule has 3 aromatic carbocycles. The number of amides is 1. The fourth-order valence-corrected chi connectivity index (χ4v) is 15.5. The van der Waals surface area contributed by atoms with Crippen LogP contribution >= 0.6 is 0 Å². The standard InChI is InChI=1S/C65H82N12O10S/c1-42(2)50-7-5-6-8-51(50)58-40-71(39-44-31-59(84-4)62(68-38-44)74-26-29-85-30-27-74)20-25-75(58)48-33-47(34-48)73-23-21-72(22-24-73)46-9-11-52(55(35-46)76-54-16-28-86-41-60(54)87-64-57(76)32-45-15-19-66-61(45)69-64)63(78)70-88(82,83)49-10-12-53(56(36-49)77(80)81)67-37-43-13-17-65(3,79)18-14-43/h5-12,15,19,31-32,35-36,38,42-43,47-48,54,58,60,67,79H,13-14,16-18,20-30,33-34,37,39-41H2,1-4H3,(H,66,69)(H,70,78)/t43-,47?,48?,54-,58-,60-,65-/m0/s1. The summed E-state index contributed by atoms with van der Waals surface area (Å²) >= 11 is 0. The van der Waals surface area contributed by atoms with Crippen molar-refractivity contribution >= 4 is 61.2 Å². The van der Waals surface area contributed by atoms with E-state index in [4.69, 9.17) is 28.9 Å². The highest BCUT2D eigenvalue weighted by atomic mass is 32.2. The Morgan fingerprint density at radius 3 is 2.47 bits per heavy atom. The maximum atomic E-state index is 14.9. The number of methoxy groups -OCH3 is 1. The molecule has 2 saturated carbocycles. The minimum Gasteiger partial charge on any atom is -0.493 e. The molecule has 468 valence electrons. The number of nitro benzene ring substituents is 1. The number of pyridine rings is 2.